The number of hydrogen-bond donors (Lipinski definition) is 1. The van der Waals surface area contributed by atoms with Crippen molar-refractivity contribution in [2.24, 2.45) is 5.92 Å². The van der Waals surface area contributed by atoms with Crippen LogP contribution in [-0.2, 0) is 0 Å². The molecular weight excluding hydrogens is 220 g/mol. The van der Waals surface area contributed by atoms with Crippen LogP contribution in [0.25, 0.3) is 10.2 Å². The maximum absolute atomic E-state index is 5.74. The van der Waals surface area contributed by atoms with Crippen molar-refractivity contribution in [3.63, 3.8) is 0 Å². The molecule has 0 radical (unpaired) electrons. The smallest absolute Gasteiger partial charge is 0.274 e. The standard InChI is InChI=1S/C12H14N2OS/c1-2-4-11-10(3-1)14-12(16-11)15-8-9-5-6-13-7-9/h1-4,9,13H,5-8H2. The Balaban J connectivity index is 1.69. The van der Waals surface area contributed by atoms with Gasteiger partial charge in [0, 0.05) is 12.5 Å². The lowest BCUT2D eigenvalue weighted by atomic mass is 10.1. The zero-order valence-corrected chi connectivity index (χ0v) is 9.80. The molecule has 2 heterocycles. The van der Waals surface area contributed by atoms with Gasteiger partial charge in [-0.25, -0.2) is 4.98 Å². The van der Waals surface area contributed by atoms with Crippen LogP contribution in [0.4, 0.5) is 0 Å². The van der Waals surface area contributed by atoms with Gasteiger partial charge in [-0.3, -0.25) is 0 Å². The molecule has 1 N–H and O–H groups in total. The molecule has 0 aliphatic carbocycles. The molecule has 0 saturated carbocycles. The van der Waals surface area contributed by atoms with Crippen LogP contribution in [0.1, 0.15) is 6.42 Å². The topological polar surface area (TPSA) is 34.1 Å². The SMILES string of the molecule is c1ccc2sc(OCC3CCNC3)nc2c1. The lowest BCUT2D eigenvalue weighted by molar-refractivity contribution is 0.259. The molecule has 1 saturated heterocycles. The summed E-state index contributed by atoms with van der Waals surface area (Å²) in [6.45, 7) is 2.98. The highest BCUT2D eigenvalue weighted by Crippen LogP contribution is 2.27. The molecule has 2 aromatic rings. The largest absolute Gasteiger partial charge is 0.470 e. The van der Waals surface area contributed by atoms with Crippen molar-refractivity contribution in [1.82, 2.24) is 10.3 Å². The lowest BCUT2D eigenvalue weighted by Crippen LogP contribution is -2.15. The molecule has 0 bridgehead atoms. The van der Waals surface area contributed by atoms with Crippen LogP contribution in [-0.4, -0.2) is 24.7 Å². The maximum Gasteiger partial charge on any atom is 0.274 e. The number of benzene rings is 1. The summed E-state index contributed by atoms with van der Waals surface area (Å²) in [5.74, 6) is 0.645. The second kappa shape index (κ2) is 4.39. The highest BCUT2D eigenvalue weighted by atomic mass is 32.1. The predicted octanol–water partition coefficient (Wildman–Crippen LogP) is 2.28. The van der Waals surface area contributed by atoms with Crippen LogP contribution in [0.15, 0.2) is 24.3 Å². The van der Waals surface area contributed by atoms with Gasteiger partial charge in [0.05, 0.1) is 16.8 Å². The Morgan fingerprint density at radius 2 is 2.38 bits per heavy atom. The summed E-state index contributed by atoms with van der Waals surface area (Å²) in [5.41, 5.74) is 1.03. The first-order valence-corrected chi connectivity index (χ1v) is 6.42. The fourth-order valence-electron chi connectivity index (χ4n) is 1.96. The van der Waals surface area contributed by atoms with E-state index in [-0.39, 0.29) is 0 Å². The van der Waals surface area contributed by atoms with Crippen LogP contribution >= 0.6 is 11.3 Å². The van der Waals surface area contributed by atoms with Crippen molar-refractivity contribution in [1.29, 1.82) is 0 Å². The van der Waals surface area contributed by atoms with Crippen molar-refractivity contribution in [2.75, 3.05) is 19.7 Å². The molecule has 1 aliphatic rings. The molecule has 1 aromatic carbocycles. The number of fused-ring (bicyclic) bond motifs is 1. The normalized spacial score (nSPS) is 20.4. The van der Waals surface area contributed by atoms with E-state index in [1.165, 1.54) is 11.1 Å². The minimum Gasteiger partial charge on any atom is -0.470 e. The molecule has 1 aromatic heterocycles. The zero-order chi connectivity index (χ0) is 10.8. The van der Waals surface area contributed by atoms with Gasteiger partial charge in [-0.15, -0.1) is 0 Å². The Labute approximate surface area is 98.5 Å². The van der Waals surface area contributed by atoms with Crippen LogP contribution in [0, 0.1) is 5.92 Å². The average Bonchev–Trinajstić information content (AvgIpc) is 2.95. The van der Waals surface area contributed by atoms with E-state index in [1.807, 2.05) is 18.2 Å². The van der Waals surface area contributed by atoms with Gasteiger partial charge in [-0.05, 0) is 25.1 Å². The van der Waals surface area contributed by atoms with Crippen molar-refractivity contribution in [2.45, 2.75) is 6.42 Å². The van der Waals surface area contributed by atoms with Gasteiger partial charge in [0.1, 0.15) is 0 Å². The molecule has 16 heavy (non-hydrogen) atoms. The summed E-state index contributed by atoms with van der Waals surface area (Å²) in [4.78, 5) is 4.45. The molecule has 1 atom stereocenters. The highest BCUT2D eigenvalue weighted by molar-refractivity contribution is 7.20. The molecule has 0 spiro atoms. The summed E-state index contributed by atoms with van der Waals surface area (Å²) < 4.78 is 6.94. The quantitative estimate of drug-likeness (QED) is 0.884. The van der Waals surface area contributed by atoms with Gasteiger partial charge in [-0.2, -0.15) is 0 Å². The van der Waals surface area contributed by atoms with E-state index in [1.54, 1.807) is 11.3 Å². The summed E-state index contributed by atoms with van der Waals surface area (Å²) in [7, 11) is 0. The zero-order valence-electron chi connectivity index (χ0n) is 8.98. The second-order valence-corrected chi connectivity index (χ2v) is 5.11. The second-order valence-electron chi connectivity index (χ2n) is 4.12. The van der Waals surface area contributed by atoms with E-state index < -0.39 is 0 Å². The minimum absolute atomic E-state index is 0.645. The third-order valence-electron chi connectivity index (χ3n) is 2.88. The third-order valence-corrected chi connectivity index (χ3v) is 3.83. The Morgan fingerprint density at radius 1 is 1.44 bits per heavy atom. The number of hydrogen-bond acceptors (Lipinski definition) is 4. The highest BCUT2D eigenvalue weighted by Gasteiger charge is 2.15. The lowest BCUT2D eigenvalue weighted by Gasteiger charge is -2.07. The van der Waals surface area contributed by atoms with Crippen LogP contribution in [0.2, 0.25) is 0 Å². The Kier molecular flexibility index (Phi) is 2.76. The average molecular weight is 234 g/mol. The van der Waals surface area contributed by atoms with E-state index in [0.29, 0.717) is 5.92 Å². The predicted molar refractivity (Wildman–Crippen MR) is 66.1 cm³/mol. The van der Waals surface area contributed by atoms with Gasteiger partial charge < -0.3 is 10.1 Å². The number of para-hydroxylation sites is 1. The van der Waals surface area contributed by atoms with E-state index in [0.717, 1.165) is 30.4 Å². The number of nitrogens with zero attached hydrogens (tertiary/aromatic N) is 1. The van der Waals surface area contributed by atoms with E-state index in [2.05, 4.69) is 16.4 Å². The Morgan fingerprint density at radius 3 is 3.19 bits per heavy atom. The summed E-state index contributed by atoms with van der Waals surface area (Å²) in [5, 5.41) is 4.14. The number of thiazole rings is 1. The molecule has 0 amide bonds. The Bertz CT molecular complexity index is 444. The van der Waals surface area contributed by atoms with Crippen molar-refractivity contribution in [3.8, 4) is 5.19 Å². The first kappa shape index (κ1) is 10.1. The Hall–Kier alpha value is -1.13. The third kappa shape index (κ3) is 2.03. The molecular formula is C12H14N2OS. The molecule has 1 fully saturated rings. The van der Waals surface area contributed by atoms with Crippen LogP contribution in [0.3, 0.4) is 0 Å². The molecule has 1 aliphatic heterocycles. The molecule has 4 heteroatoms. The van der Waals surface area contributed by atoms with Crippen LogP contribution in [0.5, 0.6) is 5.19 Å². The van der Waals surface area contributed by atoms with Gasteiger partial charge in [0.25, 0.3) is 5.19 Å². The molecule has 1 unspecified atom stereocenters. The monoisotopic (exact) mass is 234 g/mol. The first-order chi connectivity index (χ1) is 7.92. The fourth-order valence-corrected chi connectivity index (χ4v) is 2.78. The van der Waals surface area contributed by atoms with Gasteiger partial charge >= 0.3 is 0 Å². The molecule has 3 rings (SSSR count). The van der Waals surface area contributed by atoms with E-state index in [4.69, 9.17) is 4.74 Å². The molecule has 3 nitrogen and oxygen atoms in total. The van der Waals surface area contributed by atoms with Crippen LogP contribution < -0.4 is 10.1 Å². The molecule has 84 valence electrons. The number of ether oxygens (including phenoxy) is 1. The number of nitrogens with one attached hydrogen (secondary N) is 1. The fraction of sp³-hybridized carbons (Fsp3) is 0.417. The van der Waals surface area contributed by atoms with E-state index >= 15 is 0 Å². The maximum atomic E-state index is 5.74. The van der Waals surface area contributed by atoms with Gasteiger partial charge in [0.15, 0.2) is 0 Å². The first-order valence-electron chi connectivity index (χ1n) is 5.61. The van der Waals surface area contributed by atoms with Crippen molar-refractivity contribution < 1.29 is 4.74 Å². The van der Waals surface area contributed by atoms with Crippen molar-refractivity contribution >= 4 is 21.6 Å². The summed E-state index contributed by atoms with van der Waals surface area (Å²) in [6.07, 6.45) is 1.21. The van der Waals surface area contributed by atoms with Gasteiger partial charge in [0.2, 0.25) is 0 Å². The number of rotatable bonds is 3. The minimum atomic E-state index is 0.645. The van der Waals surface area contributed by atoms with Gasteiger partial charge in [-0.1, -0.05) is 23.5 Å². The number of aromatic nitrogens is 1. The summed E-state index contributed by atoms with van der Waals surface area (Å²) >= 11 is 1.63. The van der Waals surface area contributed by atoms with E-state index in [9.17, 15) is 0 Å². The summed E-state index contributed by atoms with van der Waals surface area (Å²) in [6, 6.07) is 8.14. The van der Waals surface area contributed by atoms with Crippen molar-refractivity contribution in [3.05, 3.63) is 24.3 Å².